The Bertz CT molecular complexity index is 1010. The maximum absolute atomic E-state index is 12.0. The molecule has 0 amide bonds. The highest BCUT2D eigenvalue weighted by atomic mass is 35.5. The normalized spacial score (nSPS) is 10.9. The number of rotatable bonds is 8. The van der Waals surface area contributed by atoms with Crippen molar-refractivity contribution >= 4 is 17.6 Å². The van der Waals surface area contributed by atoms with Gasteiger partial charge in [0.2, 0.25) is 0 Å². The van der Waals surface area contributed by atoms with E-state index in [4.69, 9.17) is 16.3 Å². The minimum absolute atomic E-state index is 0.336. The number of ether oxygens (including phenoxy) is 1. The van der Waals surface area contributed by atoms with Gasteiger partial charge in [-0.2, -0.15) is 0 Å². The van der Waals surface area contributed by atoms with Gasteiger partial charge in [-0.05, 0) is 51.1 Å². The molecule has 0 spiro atoms. The van der Waals surface area contributed by atoms with Gasteiger partial charge in [-0.3, -0.25) is 0 Å². The quantitative estimate of drug-likeness (QED) is 0.538. The summed E-state index contributed by atoms with van der Waals surface area (Å²) in [6.07, 6.45) is 0. The molecule has 0 aliphatic rings. The average molecular weight is 413 g/mol. The summed E-state index contributed by atoms with van der Waals surface area (Å²) < 4.78 is 7.63. The minimum Gasteiger partial charge on any atom is -0.494 e. The molecular formula is C23H25ClN2O3. The molecule has 3 aromatic rings. The molecule has 3 rings (SSSR count). The molecule has 1 heterocycles. The lowest BCUT2D eigenvalue weighted by Gasteiger charge is -2.12. The number of aromatic carboxylic acids is 1. The van der Waals surface area contributed by atoms with Crippen molar-refractivity contribution in [2.24, 2.45) is 0 Å². The van der Waals surface area contributed by atoms with Gasteiger partial charge >= 0.3 is 5.97 Å². The van der Waals surface area contributed by atoms with Gasteiger partial charge in [-0.1, -0.05) is 29.8 Å². The predicted octanol–water partition coefficient (Wildman–Crippen LogP) is 5.13. The lowest BCUT2D eigenvalue weighted by molar-refractivity contribution is 0.0695. The van der Waals surface area contributed by atoms with Crippen LogP contribution in [0.25, 0.3) is 5.69 Å². The molecule has 152 valence electrons. The van der Waals surface area contributed by atoms with Crippen LogP contribution in [0.15, 0.2) is 48.5 Å². The first kappa shape index (κ1) is 21.0. The van der Waals surface area contributed by atoms with E-state index >= 15 is 0 Å². The summed E-state index contributed by atoms with van der Waals surface area (Å²) in [7, 11) is 0. The number of hydrogen-bond donors (Lipinski definition) is 2. The third-order valence-electron chi connectivity index (χ3n) is 4.96. The Balaban J connectivity index is 1.88. The number of carbonyl (C=O) groups is 1. The minimum atomic E-state index is -0.926. The fourth-order valence-electron chi connectivity index (χ4n) is 3.64. The van der Waals surface area contributed by atoms with E-state index in [1.807, 2.05) is 61.7 Å². The van der Waals surface area contributed by atoms with Crippen molar-refractivity contribution in [2.75, 3.05) is 6.61 Å². The summed E-state index contributed by atoms with van der Waals surface area (Å²) in [5.41, 5.74) is 4.64. The highest BCUT2D eigenvalue weighted by molar-refractivity contribution is 6.30. The molecule has 6 heteroatoms. The predicted molar refractivity (Wildman–Crippen MR) is 115 cm³/mol. The molecule has 2 aromatic carbocycles. The summed E-state index contributed by atoms with van der Waals surface area (Å²) in [4.78, 5) is 12.0. The summed E-state index contributed by atoms with van der Waals surface area (Å²) in [6, 6.07) is 15.2. The lowest BCUT2D eigenvalue weighted by Crippen LogP contribution is -2.16. The molecule has 0 aliphatic carbocycles. The van der Waals surface area contributed by atoms with Gasteiger partial charge in [-0.25, -0.2) is 4.79 Å². The van der Waals surface area contributed by atoms with Gasteiger partial charge in [0.15, 0.2) is 0 Å². The van der Waals surface area contributed by atoms with Crippen LogP contribution in [0, 0.1) is 13.8 Å². The molecule has 0 radical (unpaired) electrons. The Kier molecular flexibility index (Phi) is 6.62. The smallest absolute Gasteiger partial charge is 0.337 e. The third-order valence-corrected chi connectivity index (χ3v) is 5.21. The lowest BCUT2D eigenvalue weighted by atomic mass is 10.1. The molecule has 0 saturated heterocycles. The summed E-state index contributed by atoms with van der Waals surface area (Å²) in [5.74, 6) is -0.0857. The molecule has 0 saturated carbocycles. The number of nitrogens with zero attached hydrogens (tertiary/aromatic N) is 1. The zero-order chi connectivity index (χ0) is 21.0. The third kappa shape index (κ3) is 4.47. The Morgan fingerprint density at radius 1 is 1.07 bits per heavy atom. The van der Waals surface area contributed by atoms with Crippen LogP contribution in [0.1, 0.15) is 39.8 Å². The van der Waals surface area contributed by atoms with Crippen LogP contribution in [-0.2, 0) is 13.1 Å². The summed E-state index contributed by atoms with van der Waals surface area (Å²) >= 11 is 6.00. The number of benzene rings is 2. The molecule has 1 aromatic heterocycles. The monoisotopic (exact) mass is 412 g/mol. The van der Waals surface area contributed by atoms with Crippen molar-refractivity contribution in [3.05, 3.63) is 81.6 Å². The van der Waals surface area contributed by atoms with Crippen molar-refractivity contribution in [2.45, 2.75) is 33.9 Å². The zero-order valence-electron chi connectivity index (χ0n) is 16.8. The molecular weight excluding hydrogens is 388 g/mol. The number of nitrogens with one attached hydrogen (secondary N) is 1. The molecule has 29 heavy (non-hydrogen) atoms. The van der Waals surface area contributed by atoms with Crippen LogP contribution in [-0.4, -0.2) is 22.2 Å². The van der Waals surface area contributed by atoms with Crippen molar-refractivity contribution in [3.63, 3.8) is 0 Å². The Morgan fingerprint density at radius 2 is 1.76 bits per heavy atom. The Labute approximate surface area is 175 Å². The highest BCUT2D eigenvalue weighted by Gasteiger charge is 2.23. The fourth-order valence-corrected chi connectivity index (χ4v) is 3.77. The maximum atomic E-state index is 12.0. The number of carboxylic acids is 1. The number of hydrogen-bond acceptors (Lipinski definition) is 3. The van der Waals surface area contributed by atoms with E-state index in [0.717, 1.165) is 28.3 Å². The first-order valence-corrected chi connectivity index (χ1v) is 9.93. The SMILES string of the molecule is CCOc1ccccc1CNCc1c(C(=O)O)c(C)n(-c2ccc(Cl)cc2)c1C. The molecule has 5 nitrogen and oxygen atoms in total. The first-order chi connectivity index (χ1) is 13.9. The van der Waals surface area contributed by atoms with Crippen molar-refractivity contribution in [3.8, 4) is 11.4 Å². The van der Waals surface area contributed by atoms with Gasteiger partial charge in [0, 0.05) is 46.3 Å². The summed E-state index contributed by atoms with van der Waals surface area (Å²) in [6.45, 7) is 7.35. The van der Waals surface area contributed by atoms with Crippen LogP contribution in [0.5, 0.6) is 5.75 Å². The zero-order valence-corrected chi connectivity index (χ0v) is 17.6. The molecule has 0 atom stereocenters. The van der Waals surface area contributed by atoms with E-state index in [2.05, 4.69) is 5.32 Å². The van der Waals surface area contributed by atoms with Crippen LogP contribution in [0.2, 0.25) is 5.02 Å². The molecule has 0 unspecified atom stereocenters. The fraction of sp³-hybridized carbons (Fsp3) is 0.261. The van der Waals surface area contributed by atoms with Crippen molar-refractivity contribution in [1.29, 1.82) is 0 Å². The van der Waals surface area contributed by atoms with E-state index in [1.54, 1.807) is 12.1 Å². The second-order valence-electron chi connectivity index (χ2n) is 6.79. The van der Waals surface area contributed by atoms with E-state index in [1.165, 1.54) is 0 Å². The molecule has 2 N–H and O–H groups in total. The Hall–Kier alpha value is -2.76. The van der Waals surface area contributed by atoms with Gasteiger partial charge < -0.3 is 19.7 Å². The van der Waals surface area contributed by atoms with Crippen LogP contribution < -0.4 is 10.1 Å². The van der Waals surface area contributed by atoms with E-state index < -0.39 is 5.97 Å². The molecule has 0 bridgehead atoms. The second-order valence-corrected chi connectivity index (χ2v) is 7.22. The number of carboxylic acid groups (broad SMARTS) is 1. The van der Waals surface area contributed by atoms with Gasteiger partial charge in [0.25, 0.3) is 0 Å². The molecule has 0 fully saturated rings. The Morgan fingerprint density at radius 3 is 2.41 bits per heavy atom. The van der Waals surface area contributed by atoms with Crippen LogP contribution in [0.3, 0.4) is 0 Å². The molecule has 0 aliphatic heterocycles. The van der Waals surface area contributed by atoms with Crippen LogP contribution >= 0.6 is 11.6 Å². The maximum Gasteiger partial charge on any atom is 0.337 e. The first-order valence-electron chi connectivity index (χ1n) is 9.55. The standard InChI is InChI=1S/C23H25ClN2O3/c1-4-29-21-8-6-5-7-17(21)13-25-14-20-15(2)26(16(3)22(20)23(27)28)19-11-9-18(24)10-12-19/h5-12,25H,4,13-14H2,1-3H3,(H,27,28). The second kappa shape index (κ2) is 9.16. The summed E-state index contributed by atoms with van der Waals surface area (Å²) in [5, 5.41) is 13.8. The number of para-hydroxylation sites is 1. The van der Waals surface area contributed by atoms with E-state index in [9.17, 15) is 9.90 Å². The average Bonchev–Trinajstić information content (AvgIpc) is 2.94. The van der Waals surface area contributed by atoms with Gasteiger partial charge in [0.05, 0.1) is 12.2 Å². The van der Waals surface area contributed by atoms with E-state index in [-0.39, 0.29) is 0 Å². The largest absolute Gasteiger partial charge is 0.494 e. The van der Waals surface area contributed by atoms with Crippen molar-refractivity contribution in [1.82, 2.24) is 9.88 Å². The topological polar surface area (TPSA) is 63.5 Å². The van der Waals surface area contributed by atoms with Crippen molar-refractivity contribution < 1.29 is 14.6 Å². The van der Waals surface area contributed by atoms with Gasteiger partial charge in [0.1, 0.15) is 5.75 Å². The number of halogens is 1. The van der Waals surface area contributed by atoms with Gasteiger partial charge in [-0.15, -0.1) is 0 Å². The highest BCUT2D eigenvalue weighted by Crippen LogP contribution is 2.27. The van der Waals surface area contributed by atoms with E-state index in [0.29, 0.717) is 36.0 Å². The van der Waals surface area contributed by atoms with Crippen LogP contribution in [0.4, 0.5) is 0 Å². The number of aromatic nitrogens is 1.